The van der Waals surface area contributed by atoms with Crippen LogP contribution in [0.15, 0.2) is 0 Å². The average molecular weight is 272 g/mol. The number of hydrogen-bond acceptors (Lipinski definition) is 6. The van der Waals surface area contributed by atoms with Gasteiger partial charge in [-0.2, -0.15) is 11.0 Å². The number of nitrogens with one attached hydrogen (secondary N) is 2. The van der Waals surface area contributed by atoms with Gasteiger partial charge in [0, 0.05) is 25.7 Å². The van der Waals surface area contributed by atoms with Crippen molar-refractivity contribution in [1.82, 2.24) is 11.0 Å². The van der Waals surface area contributed by atoms with Crippen molar-refractivity contribution < 1.29 is 28.9 Å². The van der Waals surface area contributed by atoms with Crippen LogP contribution in [0.25, 0.3) is 0 Å². The van der Waals surface area contributed by atoms with Gasteiger partial charge in [0.25, 0.3) is 11.8 Å². The lowest BCUT2D eigenvalue weighted by molar-refractivity contribution is -0.159. The molecular formula is C11H16N2O6. The number of hydrogen-bond donors (Lipinski definition) is 2. The molecule has 1 fully saturated rings. The lowest BCUT2D eigenvalue weighted by Crippen LogP contribution is -2.30. The van der Waals surface area contributed by atoms with E-state index < -0.39 is 23.8 Å². The Morgan fingerprint density at radius 1 is 0.632 bits per heavy atom. The van der Waals surface area contributed by atoms with Gasteiger partial charge in [0.1, 0.15) is 0 Å². The molecule has 0 saturated carbocycles. The van der Waals surface area contributed by atoms with E-state index >= 15 is 0 Å². The molecule has 1 rings (SSSR count). The van der Waals surface area contributed by atoms with Crippen molar-refractivity contribution in [3.8, 4) is 0 Å². The van der Waals surface area contributed by atoms with E-state index in [4.69, 9.17) is 0 Å². The summed E-state index contributed by atoms with van der Waals surface area (Å²) in [6, 6.07) is 0. The fourth-order valence-electron chi connectivity index (χ4n) is 1.37. The Bertz CT molecular complexity index is 334. The lowest BCUT2D eigenvalue weighted by atomic mass is 10.1. The third-order valence-electron chi connectivity index (χ3n) is 2.40. The van der Waals surface area contributed by atoms with E-state index in [1.54, 1.807) is 0 Å². The van der Waals surface area contributed by atoms with Crippen molar-refractivity contribution >= 4 is 23.8 Å². The molecular weight excluding hydrogens is 256 g/mol. The number of carbonyl (C=O) groups is 4. The molecule has 1 saturated heterocycles. The highest BCUT2D eigenvalue weighted by molar-refractivity contribution is 5.84. The molecule has 0 spiro atoms. The van der Waals surface area contributed by atoms with Crippen molar-refractivity contribution in [3.05, 3.63) is 0 Å². The van der Waals surface area contributed by atoms with Crippen LogP contribution < -0.4 is 11.0 Å². The Hall–Kier alpha value is -2.12. The Balaban J connectivity index is 2.46. The van der Waals surface area contributed by atoms with E-state index in [0.29, 0.717) is 19.3 Å². The van der Waals surface area contributed by atoms with Crippen LogP contribution in [0.2, 0.25) is 0 Å². The number of rotatable bonds is 0. The third kappa shape index (κ3) is 7.02. The quantitative estimate of drug-likeness (QED) is 0.636. The van der Waals surface area contributed by atoms with Gasteiger partial charge in [-0.25, -0.2) is 9.59 Å². The van der Waals surface area contributed by atoms with Crippen LogP contribution in [0.3, 0.4) is 0 Å². The molecule has 0 unspecified atom stereocenters. The summed E-state index contributed by atoms with van der Waals surface area (Å²) in [6.45, 7) is 0. The summed E-state index contributed by atoms with van der Waals surface area (Å²) in [4.78, 5) is 53.8. The molecule has 1 aliphatic rings. The molecule has 2 N–H and O–H groups in total. The minimum Gasteiger partial charge on any atom is -0.341 e. The summed E-state index contributed by atoms with van der Waals surface area (Å²) in [6.07, 6.45) is 1.72. The maximum Gasteiger partial charge on any atom is 0.332 e. The molecule has 0 bridgehead atoms. The standard InChI is InChI=1S/C11H16N2O6/c14-8-6-7-9(15)13-19-11(17)5-3-1-2-4-10(16)18-12-8/h1-7H2,(H,12,14)(H,13,15). The summed E-state index contributed by atoms with van der Waals surface area (Å²) in [5.41, 5.74) is 3.91. The van der Waals surface area contributed by atoms with Gasteiger partial charge in [0.05, 0.1) is 0 Å². The predicted octanol–water partition coefficient (Wildman–Crippen LogP) is -0.120. The van der Waals surface area contributed by atoms with E-state index in [1.165, 1.54) is 0 Å². The van der Waals surface area contributed by atoms with E-state index in [0.717, 1.165) is 0 Å². The monoisotopic (exact) mass is 272 g/mol. The molecule has 19 heavy (non-hydrogen) atoms. The third-order valence-corrected chi connectivity index (χ3v) is 2.40. The van der Waals surface area contributed by atoms with Crippen molar-refractivity contribution in [3.63, 3.8) is 0 Å². The van der Waals surface area contributed by atoms with E-state index in [2.05, 4.69) is 9.68 Å². The van der Waals surface area contributed by atoms with Crippen molar-refractivity contribution in [1.29, 1.82) is 0 Å². The molecule has 106 valence electrons. The first-order valence-corrected chi connectivity index (χ1v) is 6.05. The number of amides is 2. The van der Waals surface area contributed by atoms with Gasteiger partial charge in [0.15, 0.2) is 0 Å². The zero-order valence-electron chi connectivity index (χ0n) is 10.4. The number of carbonyl (C=O) groups excluding carboxylic acids is 4. The van der Waals surface area contributed by atoms with E-state index in [-0.39, 0.29) is 25.7 Å². The Morgan fingerprint density at radius 2 is 1.05 bits per heavy atom. The van der Waals surface area contributed by atoms with Crippen LogP contribution in [0.4, 0.5) is 0 Å². The Kier molecular flexibility index (Phi) is 6.34. The van der Waals surface area contributed by atoms with E-state index in [9.17, 15) is 19.2 Å². The minimum atomic E-state index is -0.593. The molecule has 0 aromatic rings. The lowest BCUT2D eigenvalue weighted by Gasteiger charge is -2.05. The summed E-state index contributed by atoms with van der Waals surface area (Å²) < 4.78 is 0. The molecule has 1 heterocycles. The first-order chi connectivity index (χ1) is 9.08. The van der Waals surface area contributed by atoms with Crippen molar-refractivity contribution in [2.75, 3.05) is 0 Å². The topological polar surface area (TPSA) is 111 Å². The Labute approximate surface area is 109 Å². The fraction of sp³-hybridized carbons (Fsp3) is 0.636. The molecule has 2 amide bonds. The van der Waals surface area contributed by atoms with Gasteiger partial charge in [-0.1, -0.05) is 6.42 Å². The molecule has 0 aromatic carbocycles. The largest absolute Gasteiger partial charge is 0.341 e. The van der Waals surface area contributed by atoms with E-state index in [1.807, 2.05) is 11.0 Å². The smallest absolute Gasteiger partial charge is 0.332 e. The highest BCUT2D eigenvalue weighted by atomic mass is 16.7. The molecule has 0 radical (unpaired) electrons. The first-order valence-electron chi connectivity index (χ1n) is 6.05. The summed E-state index contributed by atoms with van der Waals surface area (Å²) >= 11 is 0. The molecule has 8 heteroatoms. The van der Waals surface area contributed by atoms with Gasteiger partial charge < -0.3 is 9.68 Å². The molecule has 0 aromatic heterocycles. The Morgan fingerprint density at radius 3 is 1.47 bits per heavy atom. The van der Waals surface area contributed by atoms with Crippen LogP contribution in [-0.4, -0.2) is 23.8 Å². The van der Waals surface area contributed by atoms with Gasteiger partial charge in [-0.15, -0.1) is 0 Å². The second-order valence-corrected chi connectivity index (χ2v) is 4.06. The summed E-state index contributed by atoms with van der Waals surface area (Å²) in [5.74, 6) is -2.28. The molecule has 0 atom stereocenters. The van der Waals surface area contributed by atoms with Gasteiger partial charge in [-0.05, 0) is 12.8 Å². The minimum absolute atomic E-state index is 0.159. The molecule has 0 aliphatic carbocycles. The summed E-state index contributed by atoms with van der Waals surface area (Å²) in [7, 11) is 0. The van der Waals surface area contributed by atoms with Gasteiger partial charge in [0.2, 0.25) is 0 Å². The first kappa shape index (κ1) is 14.9. The SMILES string of the molecule is O=C1CCC(=O)NOC(=O)CCCCCC(=O)ON1. The molecule has 8 nitrogen and oxygen atoms in total. The fourth-order valence-corrected chi connectivity index (χ4v) is 1.37. The highest BCUT2D eigenvalue weighted by Gasteiger charge is 2.12. The zero-order chi connectivity index (χ0) is 14.1. The summed E-state index contributed by atoms with van der Waals surface area (Å²) in [5, 5.41) is 0. The second kappa shape index (κ2) is 8.06. The van der Waals surface area contributed by atoms with Gasteiger partial charge in [-0.3, -0.25) is 9.59 Å². The van der Waals surface area contributed by atoms with Crippen molar-refractivity contribution in [2.24, 2.45) is 0 Å². The van der Waals surface area contributed by atoms with Crippen LogP contribution in [0.5, 0.6) is 0 Å². The highest BCUT2D eigenvalue weighted by Crippen LogP contribution is 2.05. The van der Waals surface area contributed by atoms with Crippen LogP contribution in [-0.2, 0) is 28.9 Å². The van der Waals surface area contributed by atoms with Crippen LogP contribution in [0, 0.1) is 0 Å². The zero-order valence-corrected chi connectivity index (χ0v) is 10.4. The average Bonchev–Trinajstić information content (AvgIpc) is 2.39. The molecule has 1 aliphatic heterocycles. The van der Waals surface area contributed by atoms with Crippen LogP contribution in [0.1, 0.15) is 44.9 Å². The van der Waals surface area contributed by atoms with Gasteiger partial charge >= 0.3 is 11.9 Å². The second-order valence-electron chi connectivity index (χ2n) is 4.06. The maximum atomic E-state index is 11.2. The predicted molar refractivity (Wildman–Crippen MR) is 60.8 cm³/mol. The normalized spacial score (nSPS) is 20.2. The van der Waals surface area contributed by atoms with Crippen molar-refractivity contribution in [2.45, 2.75) is 44.9 Å². The van der Waals surface area contributed by atoms with Crippen LogP contribution >= 0.6 is 0 Å². The maximum absolute atomic E-state index is 11.2. The number of hydroxylamine groups is 2.